The molecule has 1 unspecified atom stereocenters. The lowest BCUT2D eigenvalue weighted by atomic mass is 9.88. The Kier molecular flexibility index (Phi) is 6.33. The predicted molar refractivity (Wildman–Crippen MR) is 102 cm³/mol. The third-order valence-corrected chi connectivity index (χ3v) is 5.60. The Morgan fingerprint density at radius 3 is 2.58 bits per heavy atom. The molecular formula is C21H32N2O3. The van der Waals surface area contributed by atoms with E-state index in [-0.39, 0.29) is 24.2 Å². The van der Waals surface area contributed by atoms with E-state index < -0.39 is 0 Å². The van der Waals surface area contributed by atoms with Crippen molar-refractivity contribution in [3.63, 3.8) is 0 Å². The van der Waals surface area contributed by atoms with Gasteiger partial charge in [0.15, 0.2) is 0 Å². The molecule has 5 nitrogen and oxygen atoms in total. The quantitative estimate of drug-likeness (QED) is 0.847. The number of carbonyl (C=O) groups is 1. The van der Waals surface area contributed by atoms with Crippen molar-refractivity contribution in [3.8, 4) is 0 Å². The van der Waals surface area contributed by atoms with Crippen LogP contribution in [0, 0.1) is 13.8 Å². The van der Waals surface area contributed by atoms with Gasteiger partial charge in [0, 0.05) is 33.3 Å². The number of nitrogens with zero attached hydrogens (tertiary/aromatic N) is 1. The molecule has 0 saturated carbocycles. The number of nitrogens with one attached hydrogen (secondary N) is 1. The van der Waals surface area contributed by atoms with E-state index in [4.69, 9.17) is 9.47 Å². The van der Waals surface area contributed by atoms with Crippen LogP contribution in [0.2, 0.25) is 0 Å². The molecule has 0 radical (unpaired) electrons. The summed E-state index contributed by atoms with van der Waals surface area (Å²) in [6.07, 6.45) is 4.45. The summed E-state index contributed by atoms with van der Waals surface area (Å²) in [6.45, 7) is 8.22. The van der Waals surface area contributed by atoms with Gasteiger partial charge in [-0.3, -0.25) is 9.69 Å². The Labute approximate surface area is 157 Å². The topological polar surface area (TPSA) is 50.8 Å². The molecule has 1 spiro atoms. The Morgan fingerprint density at radius 2 is 1.92 bits per heavy atom. The van der Waals surface area contributed by atoms with Crippen molar-refractivity contribution in [2.24, 2.45) is 0 Å². The third-order valence-electron chi connectivity index (χ3n) is 5.60. The summed E-state index contributed by atoms with van der Waals surface area (Å²) in [7, 11) is 1.53. The summed E-state index contributed by atoms with van der Waals surface area (Å²) in [6, 6.07) is 6.82. The van der Waals surface area contributed by atoms with Gasteiger partial charge in [0.1, 0.15) is 6.61 Å². The average molecular weight is 360 g/mol. The smallest absolute Gasteiger partial charge is 0.246 e. The fraction of sp³-hybridized carbons (Fsp3) is 0.667. The fourth-order valence-corrected chi connectivity index (χ4v) is 4.35. The van der Waals surface area contributed by atoms with Gasteiger partial charge in [-0.25, -0.2) is 0 Å². The van der Waals surface area contributed by atoms with Crippen LogP contribution >= 0.6 is 0 Å². The number of hydrogen-bond donors (Lipinski definition) is 1. The molecule has 0 aromatic heterocycles. The van der Waals surface area contributed by atoms with Crippen molar-refractivity contribution in [1.29, 1.82) is 0 Å². The van der Waals surface area contributed by atoms with Crippen LogP contribution in [0.4, 0.5) is 0 Å². The number of carbonyl (C=O) groups excluding carboxylic acids is 1. The molecule has 0 aliphatic carbocycles. The number of rotatable bonds is 6. The molecule has 144 valence electrons. The van der Waals surface area contributed by atoms with Crippen LogP contribution in [0.5, 0.6) is 0 Å². The minimum absolute atomic E-state index is 0.0235. The average Bonchev–Trinajstić information content (AvgIpc) is 2.98. The molecule has 2 aliphatic heterocycles. The largest absolute Gasteiger partial charge is 0.375 e. The number of benzene rings is 1. The standard InChI is InChI=1S/C21H32N2O3/c1-16-10-17(2)12-18(11-16)14-23-8-6-21(7-9-23)5-4-19(26-21)13-22-20(24)15-25-3/h10-12,19H,4-9,13-15H2,1-3H3,(H,22,24). The normalized spacial score (nSPS) is 22.7. The van der Waals surface area contributed by atoms with E-state index in [1.165, 1.54) is 23.8 Å². The van der Waals surface area contributed by atoms with Crippen molar-refractivity contribution in [2.45, 2.75) is 57.8 Å². The Morgan fingerprint density at radius 1 is 1.23 bits per heavy atom. The fourth-order valence-electron chi connectivity index (χ4n) is 4.35. The highest BCUT2D eigenvalue weighted by Crippen LogP contribution is 2.39. The van der Waals surface area contributed by atoms with Gasteiger partial charge in [-0.05, 0) is 45.1 Å². The van der Waals surface area contributed by atoms with Gasteiger partial charge in [0.25, 0.3) is 0 Å². The van der Waals surface area contributed by atoms with Crippen molar-refractivity contribution >= 4 is 5.91 Å². The summed E-state index contributed by atoms with van der Waals surface area (Å²) in [5.41, 5.74) is 4.11. The monoisotopic (exact) mass is 360 g/mol. The Balaban J connectivity index is 1.45. The SMILES string of the molecule is COCC(=O)NCC1CCC2(CCN(Cc3cc(C)cc(C)c3)CC2)O1. The molecule has 2 fully saturated rings. The van der Waals surface area contributed by atoms with Crippen LogP contribution in [0.3, 0.4) is 0 Å². The van der Waals surface area contributed by atoms with Crippen LogP contribution in [0.15, 0.2) is 18.2 Å². The molecule has 2 saturated heterocycles. The lowest BCUT2D eigenvalue weighted by Crippen LogP contribution is -2.45. The Bertz CT molecular complexity index is 603. The summed E-state index contributed by atoms with van der Waals surface area (Å²) < 4.78 is 11.2. The summed E-state index contributed by atoms with van der Waals surface area (Å²) in [4.78, 5) is 14.1. The predicted octanol–water partition coefficient (Wildman–Crippen LogP) is 2.58. The maximum absolute atomic E-state index is 11.5. The van der Waals surface area contributed by atoms with E-state index in [1.54, 1.807) is 0 Å². The molecule has 1 amide bonds. The highest BCUT2D eigenvalue weighted by molar-refractivity contribution is 5.77. The summed E-state index contributed by atoms with van der Waals surface area (Å²) in [5.74, 6) is -0.0692. The highest BCUT2D eigenvalue weighted by Gasteiger charge is 2.42. The first-order valence-corrected chi connectivity index (χ1v) is 9.71. The van der Waals surface area contributed by atoms with Crippen LogP contribution in [-0.2, 0) is 20.8 Å². The van der Waals surface area contributed by atoms with Gasteiger partial charge in [0.2, 0.25) is 5.91 Å². The molecule has 0 bridgehead atoms. The van der Waals surface area contributed by atoms with Gasteiger partial charge in [-0.1, -0.05) is 29.3 Å². The zero-order chi connectivity index (χ0) is 18.6. The number of aryl methyl sites for hydroxylation is 2. The van der Waals surface area contributed by atoms with Crippen molar-refractivity contribution in [3.05, 3.63) is 34.9 Å². The van der Waals surface area contributed by atoms with Crippen molar-refractivity contribution in [2.75, 3.05) is 33.4 Å². The van der Waals surface area contributed by atoms with Gasteiger partial charge in [-0.15, -0.1) is 0 Å². The first kappa shape index (κ1) is 19.3. The van der Waals surface area contributed by atoms with Gasteiger partial charge < -0.3 is 14.8 Å². The second-order valence-electron chi connectivity index (χ2n) is 7.97. The first-order valence-electron chi connectivity index (χ1n) is 9.71. The maximum atomic E-state index is 11.5. The van der Waals surface area contributed by atoms with E-state index in [0.29, 0.717) is 6.54 Å². The molecule has 5 heteroatoms. The molecule has 2 aliphatic rings. The number of hydrogen-bond acceptors (Lipinski definition) is 4. The van der Waals surface area contributed by atoms with Crippen LogP contribution < -0.4 is 5.32 Å². The minimum atomic E-state index is -0.0692. The molecule has 1 N–H and O–H groups in total. The molecule has 2 heterocycles. The molecule has 1 atom stereocenters. The molecule has 1 aromatic rings. The summed E-state index contributed by atoms with van der Waals surface area (Å²) >= 11 is 0. The minimum Gasteiger partial charge on any atom is -0.375 e. The lowest BCUT2D eigenvalue weighted by Gasteiger charge is -2.39. The molecule has 3 rings (SSSR count). The van der Waals surface area contributed by atoms with Crippen LogP contribution in [0.25, 0.3) is 0 Å². The van der Waals surface area contributed by atoms with E-state index in [0.717, 1.165) is 45.3 Å². The number of ether oxygens (including phenoxy) is 2. The van der Waals surface area contributed by atoms with E-state index >= 15 is 0 Å². The van der Waals surface area contributed by atoms with Crippen molar-refractivity contribution < 1.29 is 14.3 Å². The number of piperidine rings is 1. The van der Waals surface area contributed by atoms with Crippen molar-refractivity contribution in [1.82, 2.24) is 10.2 Å². The van der Waals surface area contributed by atoms with Crippen LogP contribution in [0.1, 0.15) is 42.4 Å². The molecule has 26 heavy (non-hydrogen) atoms. The van der Waals surface area contributed by atoms with E-state index in [1.807, 2.05) is 0 Å². The van der Waals surface area contributed by atoms with Gasteiger partial charge >= 0.3 is 0 Å². The van der Waals surface area contributed by atoms with Gasteiger partial charge in [-0.2, -0.15) is 0 Å². The lowest BCUT2D eigenvalue weighted by molar-refractivity contribution is -0.126. The maximum Gasteiger partial charge on any atom is 0.246 e. The number of likely N-dealkylation sites (tertiary alicyclic amines) is 1. The van der Waals surface area contributed by atoms with E-state index in [2.05, 4.69) is 42.3 Å². The summed E-state index contributed by atoms with van der Waals surface area (Å²) in [5, 5.41) is 2.90. The first-order chi connectivity index (χ1) is 12.5. The molecule has 1 aromatic carbocycles. The van der Waals surface area contributed by atoms with E-state index in [9.17, 15) is 4.79 Å². The number of amides is 1. The third kappa shape index (κ3) is 5.06. The second kappa shape index (κ2) is 8.51. The molecular weight excluding hydrogens is 328 g/mol. The number of methoxy groups -OCH3 is 1. The zero-order valence-electron chi connectivity index (χ0n) is 16.3. The van der Waals surface area contributed by atoms with Crippen LogP contribution in [-0.4, -0.2) is 55.9 Å². The highest BCUT2D eigenvalue weighted by atomic mass is 16.5. The second-order valence-corrected chi connectivity index (χ2v) is 7.97. The zero-order valence-corrected chi connectivity index (χ0v) is 16.3. The Hall–Kier alpha value is -1.43. The van der Waals surface area contributed by atoms with Gasteiger partial charge in [0.05, 0.1) is 11.7 Å².